The number of hydrogen-bond donors (Lipinski definition) is 1. The molecule has 0 spiro atoms. The normalized spacial score (nSPS) is 23.8. The van der Waals surface area contributed by atoms with Gasteiger partial charge in [0.05, 0.1) is 6.61 Å². The second-order valence-electron chi connectivity index (χ2n) is 5.70. The van der Waals surface area contributed by atoms with Crippen LogP contribution < -0.4 is 5.32 Å². The first-order valence-corrected chi connectivity index (χ1v) is 6.97. The summed E-state index contributed by atoms with van der Waals surface area (Å²) in [4.78, 5) is 0. The molecule has 0 aromatic heterocycles. The average Bonchev–Trinajstić information content (AvgIpc) is 2.29. The molecular weight excluding hydrogens is 214 g/mol. The number of ether oxygens (including phenoxy) is 2. The number of rotatable bonds is 8. The second kappa shape index (κ2) is 8.06. The first-order valence-electron chi connectivity index (χ1n) is 6.97. The smallest absolute Gasteiger partial charge is 0.0591 e. The fourth-order valence-corrected chi connectivity index (χ4v) is 2.59. The fraction of sp³-hybridized carbons (Fsp3) is 1.00. The zero-order valence-electron chi connectivity index (χ0n) is 11.8. The van der Waals surface area contributed by atoms with Crippen molar-refractivity contribution < 1.29 is 9.47 Å². The van der Waals surface area contributed by atoms with Gasteiger partial charge >= 0.3 is 0 Å². The zero-order chi connectivity index (χ0) is 12.6. The Morgan fingerprint density at radius 1 is 1.18 bits per heavy atom. The molecule has 1 atom stereocenters. The van der Waals surface area contributed by atoms with E-state index in [4.69, 9.17) is 9.47 Å². The number of methoxy groups -OCH3 is 1. The van der Waals surface area contributed by atoms with E-state index >= 15 is 0 Å². The third kappa shape index (κ3) is 5.84. The Labute approximate surface area is 106 Å². The predicted molar refractivity (Wildman–Crippen MR) is 71.4 cm³/mol. The largest absolute Gasteiger partial charge is 0.385 e. The molecule has 0 heterocycles. The van der Waals surface area contributed by atoms with Crippen LogP contribution in [0.2, 0.25) is 0 Å². The minimum atomic E-state index is 0.453. The molecule has 1 N–H and O–H groups in total. The Kier molecular flexibility index (Phi) is 7.09. The SMILES string of the molecule is COCCCOCCNC1CCCCC1(C)C. The Balaban J connectivity index is 2.01. The highest BCUT2D eigenvalue weighted by molar-refractivity contribution is 4.87. The van der Waals surface area contributed by atoms with Crippen LogP contribution in [-0.2, 0) is 9.47 Å². The lowest BCUT2D eigenvalue weighted by Gasteiger charge is -2.39. The van der Waals surface area contributed by atoms with Crippen LogP contribution in [-0.4, -0.2) is 39.5 Å². The summed E-state index contributed by atoms with van der Waals surface area (Å²) in [6, 6.07) is 0.666. The molecule has 1 aliphatic rings. The molecule has 0 radical (unpaired) electrons. The Bertz CT molecular complexity index is 195. The van der Waals surface area contributed by atoms with Gasteiger partial charge < -0.3 is 14.8 Å². The van der Waals surface area contributed by atoms with Gasteiger partial charge in [0.2, 0.25) is 0 Å². The molecule has 0 bridgehead atoms. The molecule has 1 fully saturated rings. The van der Waals surface area contributed by atoms with Crippen LogP contribution in [0.4, 0.5) is 0 Å². The van der Waals surface area contributed by atoms with Gasteiger partial charge in [-0.05, 0) is 24.7 Å². The van der Waals surface area contributed by atoms with Gasteiger partial charge in [-0.15, -0.1) is 0 Å². The quantitative estimate of drug-likeness (QED) is 0.665. The molecule has 1 unspecified atom stereocenters. The van der Waals surface area contributed by atoms with Crippen LogP contribution in [0.3, 0.4) is 0 Å². The second-order valence-corrected chi connectivity index (χ2v) is 5.70. The van der Waals surface area contributed by atoms with E-state index in [0.29, 0.717) is 11.5 Å². The topological polar surface area (TPSA) is 30.5 Å². The molecule has 0 aliphatic heterocycles. The maximum absolute atomic E-state index is 5.55. The van der Waals surface area contributed by atoms with Crippen LogP contribution >= 0.6 is 0 Å². The van der Waals surface area contributed by atoms with E-state index in [1.54, 1.807) is 7.11 Å². The molecule has 17 heavy (non-hydrogen) atoms. The predicted octanol–water partition coefficient (Wildman–Crippen LogP) is 2.60. The van der Waals surface area contributed by atoms with Gasteiger partial charge in [-0.2, -0.15) is 0 Å². The van der Waals surface area contributed by atoms with E-state index in [9.17, 15) is 0 Å². The first-order chi connectivity index (χ1) is 8.17. The van der Waals surface area contributed by atoms with Crippen LogP contribution in [0.15, 0.2) is 0 Å². The molecule has 1 rings (SSSR count). The van der Waals surface area contributed by atoms with Crippen molar-refractivity contribution in [1.82, 2.24) is 5.32 Å². The molecule has 3 nitrogen and oxygen atoms in total. The van der Waals surface area contributed by atoms with Crippen molar-refractivity contribution in [1.29, 1.82) is 0 Å². The van der Waals surface area contributed by atoms with Crippen molar-refractivity contribution >= 4 is 0 Å². The van der Waals surface area contributed by atoms with Crippen molar-refractivity contribution in [2.24, 2.45) is 5.41 Å². The maximum Gasteiger partial charge on any atom is 0.0591 e. The third-order valence-electron chi connectivity index (χ3n) is 3.78. The van der Waals surface area contributed by atoms with E-state index < -0.39 is 0 Å². The minimum absolute atomic E-state index is 0.453. The molecule has 0 saturated heterocycles. The third-order valence-corrected chi connectivity index (χ3v) is 3.78. The van der Waals surface area contributed by atoms with Crippen molar-refractivity contribution in [3.05, 3.63) is 0 Å². The minimum Gasteiger partial charge on any atom is -0.385 e. The molecular formula is C14H29NO2. The summed E-state index contributed by atoms with van der Waals surface area (Å²) in [7, 11) is 1.73. The van der Waals surface area contributed by atoms with E-state index in [2.05, 4.69) is 19.2 Å². The van der Waals surface area contributed by atoms with Crippen LogP contribution in [0.1, 0.15) is 46.0 Å². The highest BCUT2D eigenvalue weighted by Gasteiger charge is 2.31. The molecule has 0 aromatic rings. The Morgan fingerprint density at radius 3 is 2.71 bits per heavy atom. The monoisotopic (exact) mass is 243 g/mol. The number of hydrogen-bond acceptors (Lipinski definition) is 3. The van der Waals surface area contributed by atoms with Gasteiger partial charge in [0.15, 0.2) is 0 Å². The molecule has 1 saturated carbocycles. The summed E-state index contributed by atoms with van der Waals surface area (Å²) in [6.07, 6.45) is 6.41. The zero-order valence-corrected chi connectivity index (χ0v) is 11.8. The molecule has 3 heteroatoms. The van der Waals surface area contributed by atoms with Crippen molar-refractivity contribution in [3.63, 3.8) is 0 Å². The van der Waals surface area contributed by atoms with Gasteiger partial charge in [-0.1, -0.05) is 26.7 Å². The van der Waals surface area contributed by atoms with Crippen molar-refractivity contribution in [2.45, 2.75) is 52.0 Å². The first kappa shape index (κ1) is 14.9. The van der Waals surface area contributed by atoms with E-state index in [1.807, 2.05) is 0 Å². The van der Waals surface area contributed by atoms with Gasteiger partial charge in [-0.25, -0.2) is 0 Å². The van der Waals surface area contributed by atoms with Crippen molar-refractivity contribution in [3.8, 4) is 0 Å². The summed E-state index contributed by atoms with van der Waals surface area (Å²) >= 11 is 0. The van der Waals surface area contributed by atoms with Gasteiger partial charge in [0.25, 0.3) is 0 Å². The van der Waals surface area contributed by atoms with Crippen LogP contribution in [0, 0.1) is 5.41 Å². The molecule has 1 aliphatic carbocycles. The van der Waals surface area contributed by atoms with E-state index in [0.717, 1.165) is 32.8 Å². The maximum atomic E-state index is 5.55. The average molecular weight is 243 g/mol. The lowest BCUT2D eigenvalue weighted by Crippen LogP contribution is -2.45. The Hall–Kier alpha value is -0.120. The molecule has 0 amide bonds. The fourth-order valence-electron chi connectivity index (χ4n) is 2.59. The summed E-state index contributed by atoms with van der Waals surface area (Å²) < 4.78 is 10.5. The summed E-state index contributed by atoms with van der Waals surface area (Å²) in [5, 5.41) is 3.65. The van der Waals surface area contributed by atoms with Gasteiger partial charge in [-0.3, -0.25) is 0 Å². The lowest BCUT2D eigenvalue weighted by atomic mass is 9.73. The molecule has 102 valence electrons. The molecule has 0 aromatic carbocycles. The standard InChI is InChI=1S/C14H29NO2/c1-14(2)8-5-4-7-13(14)15-9-12-17-11-6-10-16-3/h13,15H,4-12H2,1-3H3. The summed E-state index contributed by atoms with van der Waals surface area (Å²) in [5.41, 5.74) is 0.453. The highest BCUT2D eigenvalue weighted by Crippen LogP contribution is 2.35. The summed E-state index contributed by atoms with van der Waals surface area (Å²) in [6.45, 7) is 8.15. The van der Waals surface area contributed by atoms with Crippen LogP contribution in [0.5, 0.6) is 0 Å². The lowest BCUT2D eigenvalue weighted by molar-refractivity contribution is 0.0945. The van der Waals surface area contributed by atoms with E-state index in [-0.39, 0.29) is 0 Å². The van der Waals surface area contributed by atoms with Crippen LogP contribution in [0.25, 0.3) is 0 Å². The summed E-state index contributed by atoms with van der Waals surface area (Å²) in [5.74, 6) is 0. The Morgan fingerprint density at radius 2 is 2.00 bits per heavy atom. The highest BCUT2D eigenvalue weighted by atomic mass is 16.5. The van der Waals surface area contributed by atoms with Crippen molar-refractivity contribution in [2.75, 3.05) is 33.5 Å². The van der Waals surface area contributed by atoms with Gasteiger partial charge in [0.1, 0.15) is 0 Å². The number of nitrogens with one attached hydrogen (secondary N) is 1. The van der Waals surface area contributed by atoms with E-state index in [1.165, 1.54) is 25.7 Å². The van der Waals surface area contributed by atoms with Gasteiger partial charge in [0, 0.05) is 32.9 Å².